The maximum absolute atomic E-state index is 10.8. The smallest absolute Gasteiger partial charge is 0.292 e. The van der Waals surface area contributed by atoms with E-state index in [9.17, 15) is 15.2 Å². The van der Waals surface area contributed by atoms with Crippen LogP contribution in [0.15, 0.2) is 12.3 Å². The van der Waals surface area contributed by atoms with Crippen LogP contribution in [0.2, 0.25) is 5.02 Å². The average molecular weight is 259 g/mol. The van der Waals surface area contributed by atoms with Gasteiger partial charge in [0.05, 0.1) is 16.0 Å². The fourth-order valence-electron chi connectivity index (χ4n) is 1.62. The number of halogens is 1. The Morgan fingerprint density at radius 1 is 1.59 bits per heavy atom. The Bertz CT molecular complexity index is 410. The molecular formula is C11H15ClN2O3. The zero-order valence-electron chi connectivity index (χ0n) is 9.76. The van der Waals surface area contributed by atoms with Crippen molar-refractivity contribution in [3.8, 4) is 0 Å². The van der Waals surface area contributed by atoms with Crippen LogP contribution in [0, 0.1) is 16.0 Å². The third-order valence-corrected chi connectivity index (χ3v) is 2.49. The van der Waals surface area contributed by atoms with Crippen LogP contribution in [0.25, 0.3) is 0 Å². The largest absolute Gasteiger partial charge is 0.393 e. The van der Waals surface area contributed by atoms with E-state index in [1.165, 1.54) is 12.3 Å². The Hall–Kier alpha value is -1.20. The number of nitrogens with zero attached hydrogens (tertiary/aromatic N) is 2. The van der Waals surface area contributed by atoms with E-state index < -0.39 is 11.0 Å². The molecule has 1 unspecified atom stereocenters. The van der Waals surface area contributed by atoms with Crippen molar-refractivity contribution < 1.29 is 10.0 Å². The van der Waals surface area contributed by atoms with Gasteiger partial charge in [-0.05, 0) is 12.3 Å². The van der Waals surface area contributed by atoms with E-state index in [-0.39, 0.29) is 22.8 Å². The first-order chi connectivity index (χ1) is 7.90. The number of rotatable bonds is 5. The van der Waals surface area contributed by atoms with Crippen molar-refractivity contribution >= 4 is 17.3 Å². The van der Waals surface area contributed by atoms with E-state index in [0.29, 0.717) is 12.3 Å². The minimum absolute atomic E-state index is 0.139. The number of aromatic nitrogens is 1. The van der Waals surface area contributed by atoms with Crippen molar-refractivity contribution in [2.24, 2.45) is 5.92 Å². The molecule has 0 spiro atoms. The van der Waals surface area contributed by atoms with Gasteiger partial charge in [-0.2, -0.15) is 0 Å². The second-order valence-corrected chi connectivity index (χ2v) is 4.80. The third kappa shape index (κ3) is 4.28. The van der Waals surface area contributed by atoms with Crippen LogP contribution in [-0.4, -0.2) is 21.1 Å². The van der Waals surface area contributed by atoms with Gasteiger partial charge in [0.2, 0.25) is 0 Å². The lowest BCUT2D eigenvalue weighted by Crippen LogP contribution is -2.15. The second-order valence-electron chi connectivity index (χ2n) is 4.36. The van der Waals surface area contributed by atoms with E-state index in [1.54, 1.807) is 0 Å². The summed E-state index contributed by atoms with van der Waals surface area (Å²) < 4.78 is 0. The molecule has 1 aromatic rings. The summed E-state index contributed by atoms with van der Waals surface area (Å²) in [4.78, 5) is 14.2. The lowest BCUT2D eigenvalue weighted by molar-refractivity contribution is -0.386. The van der Waals surface area contributed by atoms with Crippen molar-refractivity contribution in [3.63, 3.8) is 0 Å². The molecule has 0 saturated heterocycles. The molecular weight excluding hydrogens is 244 g/mol. The Morgan fingerprint density at radius 3 is 2.76 bits per heavy atom. The van der Waals surface area contributed by atoms with Crippen molar-refractivity contribution in [2.75, 3.05) is 0 Å². The van der Waals surface area contributed by atoms with Gasteiger partial charge in [-0.3, -0.25) is 15.1 Å². The SMILES string of the molecule is CC(C)CC(O)Cc1ncc(Cl)cc1[N+](=O)[O-]. The van der Waals surface area contributed by atoms with Gasteiger partial charge in [0.15, 0.2) is 0 Å². The van der Waals surface area contributed by atoms with E-state index in [1.807, 2.05) is 13.8 Å². The molecule has 0 amide bonds. The summed E-state index contributed by atoms with van der Waals surface area (Å²) >= 11 is 5.65. The number of hydrogen-bond donors (Lipinski definition) is 1. The monoisotopic (exact) mass is 258 g/mol. The fourth-order valence-corrected chi connectivity index (χ4v) is 1.78. The highest BCUT2D eigenvalue weighted by molar-refractivity contribution is 6.30. The molecule has 0 saturated carbocycles. The van der Waals surface area contributed by atoms with Crippen LogP contribution in [0.5, 0.6) is 0 Å². The van der Waals surface area contributed by atoms with E-state index in [4.69, 9.17) is 11.6 Å². The first kappa shape index (κ1) is 13.9. The van der Waals surface area contributed by atoms with Gasteiger partial charge in [-0.15, -0.1) is 0 Å². The molecule has 0 aliphatic carbocycles. The Labute approximate surface area is 105 Å². The number of pyridine rings is 1. The molecule has 0 fully saturated rings. The molecule has 6 heteroatoms. The van der Waals surface area contributed by atoms with Crippen LogP contribution in [0.3, 0.4) is 0 Å². The zero-order valence-corrected chi connectivity index (χ0v) is 10.5. The minimum atomic E-state index is -0.623. The fraction of sp³-hybridized carbons (Fsp3) is 0.545. The first-order valence-electron chi connectivity index (χ1n) is 5.37. The van der Waals surface area contributed by atoms with Crippen LogP contribution in [0.1, 0.15) is 26.0 Å². The summed E-state index contributed by atoms with van der Waals surface area (Å²) in [6, 6.07) is 1.26. The Balaban J connectivity index is 2.86. The lowest BCUT2D eigenvalue weighted by atomic mass is 10.0. The summed E-state index contributed by atoms with van der Waals surface area (Å²) in [7, 11) is 0. The van der Waals surface area contributed by atoms with Gasteiger partial charge in [0.1, 0.15) is 5.69 Å². The number of aliphatic hydroxyl groups excluding tert-OH is 1. The van der Waals surface area contributed by atoms with Crippen LogP contribution in [-0.2, 0) is 6.42 Å². The first-order valence-corrected chi connectivity index (χ1v) is 5.74. The van der Waals surface area contributed by atoms with Gasteiger partial charge < -0.3 is 5.11 Å². The molecule has 0 radical (unpaired) electrons. The molecule has 1 aromatic heterocycles. The molecule has 1 N–H and O–H groups in total. The second kappa shape index (κ2) is 5.93. The summed E-state index contributed by atoms with van der Waals surface area (Å²) in [5, 5.41) is 20.8. The maximum Gasteiger partial charge on any atom is 0.292 e. The minimum Gasteiger partial charge on any atom is -0.393 e. The third-order valence-electron chi connectivity index (χ3n) is 2.28. The molecule has 1 atom stereocenters. The number of hydrogen-bond acceptors (Lipinski definition) is 4. The summed E-state index contributed by atoms with van der Waals surface area (Å²) in [6.45, 7) is 3.96. The van der Waals surface area contributed by atoms with Crippen molar-refractivity contribution in [1.29, 1.82) is 0 Å². The molecule has 0 aliphatic rings. The van der Waals surface area contributed by atoms with Gasteiger partial charge in [-0.1, -0.05) is 25.4 Å². The molecule has 0 aliphatic heterocycles. The van der Waals surface area contributed by atoms with Crippen molar-refractivity contribution in [2.45, 2.75) is 32.8 Å². The van der Waals surface area contributed by atoms with E-state index >= 15 is 0 Å². The van der Waals surface area contributed by atoms with Crippen LogP contribution >= 0.6 is 11.6 Å². The van der Waals surface area contributed by atoms with Gasteiger partial charge >= 0.3 is 0 Å². The molecule has 94 valence electrons. The van der Waals surface area contributed by atoms with Gasteiger partial charge in [0.25, 0.3) is 5.69 Å². The van der Waals surface area contributed by atoms with Gasteiger partial charge in [0, 0.05) is 18.7 Å². The van der Waals surface area contributed by atoms with Crippen LogP contribution < -0.4 is 0 Å². The molecule has 5 nitrogen and oxygen atoms in total. The van der Waals surface area contributed by atoms with E-state index in [2.05, 4.69) is 4.98 Å². The number of nitro groups is 1. The Morgan fingerprint density at radius 2 is 2.24 bits per heavy atom. The summed E-state index contributed by atoms with van der Waals surface area (Å²) in [5.74, 6) is 0.330. The lowest BCUT2D eigenvalue weighted by Gasteiger charge is -2.12. The van der Waals surface area contributed by atoms with Crippen molar-refractivity contribution in [3.05, 3.63) is 33.1 Å². The standard InChI is InChI=1S/C11H15ClN2O3/c1-7(2)3-9(15)5-10-11(14(16)17)4-8(12)6-13-10/h4,6-7,9,15H,3,5H2,1-2H3. The Kier molecular flexibility index (Phi) is 4.84. The molecule has 1 rings (SSSR count). The molecule has 17 heavy (non-hydrogen) atoms. The quantitative estimate of drug-likeness (QED) is 0.651. The van der Waals surface area contributed by atoms with Gasteiger partial charge in [-0.25, -0.2) is 0 Å². The average Bonchev–Trinajstić information content (AvgIpc) is 2.19. The van der Waals surface area contributed by atoms with E-state index in [0.717, 1.165) is 0 Å². The maximum atomic E-state index is 10.8. The zero-order chi connectivity index (χ0) is 13.0. The highest BCUT2D eigenvalue weighted by Gasteiger charge is 2.19. The predicted molar refractivity (Wildman–Crippen MR) is 65.1 cm³/mol. The molecule has 0 bridgehead atoms. The predicted octanol–water partition coefficient (Wildman–Crippen LogP) is 2.59. The summed E-state index contributed by atoms with van der Waals surface area (Å²) in [6.07, 6.45) is 1.49. The van der Waals surface area contributed by atoms with Crippen molar-refractivity contribution in [1.82, 2.24) is 4.98 Å². The number of aliphatic hydroxyl groups is 1. The summed E-state index contributed by atoms with van der Waals surface area (Å²) in [5.41, 5.74) is 0.132. The normalized spacial score (nSPS) is 12.8. The topological polar surface area (TPSA) is 76.3 Å². The highest BCUT2D eigenvalue weighted by Crippen LogP contribution is 2.22. The highest BCUT2D eigenvalue weighted by atomic mass is 35.5. The molecule has 0 aromatic carbocycles. The van der Waals surface area contributed by atoms with Crippen LogP contribution in [0.4, 0.5) is 5.69 Å². The molecule has 1 heterocycles.